The number of carbonyl (C=O) groups is 1. The summed E-state index contributed by atoms with van der Waals surface area (Å²) in [6.45, 7) is 0. The SMILES string of the molecule is [B]c1ccc2c(c1)CCCC2NC(=O)C(F)(F)F. The highest BCUT2D eigenvalue weighted by Gasteiger charge is 2.40. The monoisotopic (exact) mass is 253 g/mol. The molecule has 2 radical (unpaired) electrons. The largest absolute Gasteiger partial charge is 0.471 e. The maximum absolute atomic E-state index is 12.2. The molecule has 0 spiro atoms. The molecule has 6 heteroatoms. The van der Waals surface area contributed by atoms with Gasteiger partial charge in [0, 0.05) is 0 Å². The summed E-state index contributed by atoms with van der Waals surface area (Å²) in [6.07, 6.45) is -2.82. The number of aryl methyl sites for hydroxylation is 1. The van der Waals surface area contributed by atoms with E-state index in [1.54, 1.807) is 18.2 Å². The van der Waals surface area contributed by atoms with E-state index in [1.165, 1.54) is 0 Å². The van der Waals surface area contributed by atoms with Crippen LogP contribution in [0.5, 0.6) is 0 Å². The third-order valence-electron chi connectivity index (χ3n) is 3.04. The Bertz CT molecular complexity index is 473. The molecule has 0 heterocycles. The average molecular weight is 253 g/mol. The van der Waals surface area contributed by atoms with Crippen LogP contribution < -0.4 is 10.8 Å². The third-order valence-corrected chi connectivity index (χ3v) is 3.04. The van der Waals surface area contributed by atoms with E-state index >= 15 is 0 Å². The normalized spacial score (nSPS) is 19.2. The Hall–Kier alpha value is -1.46. The zero-order chi connectivity index (χ0) is 13.3. The van der Waals surface area contributed by atoms with Crippen molar-refractivity contribution in [1.82, 2.24) is 5.32 Å². The van der Waals surface area contributed by atoms with Crippen LogP contribution >= 0.6 is 0 Å². The van der Waals surface area contributed by atoms with E-state index in [1.807, 2.05) is 5.32 Å². The van der Waals surface area contributed by atoms with E-state index in [9.17, 15) is 18.0 Å². The molecule has 2 rings (SSSR count). The summed E-state index contributed by atoms with van der Waals surface area (Å²) < 4.78 is 36.6. The summed E-state index contributed by atoms with van der Waals surface area (Å²) in [5.41, 5.74) is 2.22. The highest BCUT2D eigenvalue weighted by molar-refractivity contribution is 6.32. The number of amides is 1. The van der Waals surface area contributed by atoms with Crippen molar-refractivity contribution in [3.8, 4) is 0 Å². The zero-order valence-electron chi connectivity index (χ0n) is 9.55. The molecule has 1 aromatic rings. The van der Waals surface area contributed by atoms with Gasteiger partial charge in [-0.1, -0.05) is 23.7 Å². The Labute approximate surface area is 104 Å². The van der Waals surface area contributed by atoms with Gasteiger partial charge in [-0.15, -0.1) is 0 Å². The van der Waals surface area contributed by atoms with Gasteiger partial charge >= 0.3 is 12.1 Å². The first kappa shape index (κ1) is 13.0. The van der Waals surface area contributed by atoms with E-state index in [0.717, 1.165) is 24.0 Å². The molecule has 1 aliphatic carbocycles. The van der Waals surface area contributed by atoms with Gasteiger partial charge < -0.3 is 5.32 Å². The molecule has 0 aromatic heterocycles. The molecule has 0 saturated heterocycles. The summed E-state index contributed by atoms with van der Waals surface area (Å²) in [6, 6.07) is 4.49. The Kier molecular flexibility index (Phi) is 3.37. The lowest BCUT2D eigenvalue weighted by atomic mass is 9.83. The number of carbonyl (C=O) groups excluding carboxylic acids is 1. The smallest absolute Gasteiger partial charge is 0.341 e. The van der Waals surface area contributed by atoms with Gasteiger partial charge in [0.2, 0.25) is 0 Å². The lowest BCUT2D eigenvalue weighted by Gasteiger charge is -2.27. The van der Waals surface area contributed by atoms with Gasteiger partial charge in [-0.25, -0.2) is 0 Å². The van der Waals surface area contributed by atoms with Crippen LogP contribution in [0.4, 0.5) is 13.2 Å². The minimum Gasteiger partial charge on any atom is -0.341 e. The first-order chi connectivity index (χ1) is 8.38. The summed E-state index contributed by atoms with van der Waals surface area (Å²) in [4.78, 5) is 10.9. The van der Waals surface area contributed by atoms with Gasteiger partial charge in [0.25, 0.3) is 0 Å². The third kappa shape index (κ3) is 2.68. The van der Waals surface area contributed by atoms with E-state index in [0.29, 0.717) is 11.9 Å². The highest BCUT2D eigenvalue weighted by atomic mass is 19.4. The summed E-state index contributed by atoms with van der Waals surface area (Å²) in [7, 11) is 5.63. The van der Waals surface area contributed by atoms with E-state index in [2.05, 4.69) is 0 Å². The van der Waals surface area contributed by atoms with Crippen molar-refractivity contribution in [2.75, 3.05) is 0 Å². The molecule has 0 bridgehead atoms. The number of fused-ring (bicyclic) bond motifs is 1. The number of rotatable bonds is 1. The lowest BCUT2D eigenvalue weighted by molar-refractivity contribution is -0.174. The van der Waals surface area contributed by atoms with Gasteiger partial charge in [-0.2, -0.15) is 13.2 Å². The van der Waals surface area contributed by atoms with Gasteiger partial charge in [0.05, 0.1) is 6.04 Å². The zero-order valence-corrected chi connectivity index (χ0v) is 9.55. The molecular weight excluding hydrogens is 242 g/mol. The van der Waals surface area contributed by atoms with Crippen LogP contribution in [0.25, 0.3) is 0 Å². The Balaban J connectivity index is 2.21. The lowest BCUT2D eigenvalue weighted by Crippen LogP contribution is -2.40. The van der Waals surface area contributed by atoms with Gasteiger partial charge in [-0.05, 0) is 30.4 Å². The standard InChI is InChI=1S/C12H11BF3NO/c13-8-4-5-9-7(6-8)2-1-3-10(9)17-11(18)12(14,15)16/h4-6,10H,1-3H2,(H,17,18). The van der Waals surface area contributed by atoms with Crippen LogP contribution in [-0.2, 0) is 11.2 Å². The average Bonchev–Trinajstić information content (AvgIpc) is 2.27. The fraction of sp³-hybridized carbons (Fsp3) is 0.417. The molecule has 1 N–H and O–H groups in total. The molecule has 1 atom stereocenters. The molecule has 1 aliphatic rings. The maximum atomic E-state index is 12.2. The first-order valence-electron chi connectivity index (χ1n) is 5.64. The molecule has 1 amide bonds. The predicted molar refractivity (Wildman–Crippen MR) is 61.7 cm³/mol. The van der Waals surface area contributed by atoms with Gasteiger partial charge in [-0.3, -0.25) is 4.79 Å². The van der Waals surface area contributed by atoms with Crippen molar-refractivity contribution in [2.24, 2.45) is 0 Å². The Morgan fingerprint density at radius 2 is 2.11 bits per heavy atom. The molecule has 0 saturated carbocycles. The molecule has 94 valence electrons. The summed E-state index contributed by atoms with van der Waals surface area (Å²) >= 11 is 0. The second kappa shape index (κ2) is 4.67. The number of hydrogen-bond donors (Lipinski definition) is 1. The van der Waals surface area contributed by atoms with Crippen LogP contribution in [0.1, 0.15) is 30.0 Å². The Morgan fingerprint density at radius 1 is 1.39 bits per heavy atom. The molecule has 0 aliphatic heterocycles. The van der Waals surface area contributed by atoms with E-state index in [4.69, 9.17) is 7.85 Å². The minimum absolute atomic E-state index is 0.513. The number of benzene rings is 1. The van der Waals surface area contributed by atoms with Crippen LogP contribution in [0.15, 0.2) is 18.2 Å². The molecular formula is C12H11BF3NO. The van der Waals surface area contributed by atoms with Crippen LogP contribution in [0, 0.1) is 0 Å². The second-order valence-corrected chi connectivity index (χ2v) is 4.37. The fourth-order valence-corrected chi connectivity index (χ4v) is 2.22. The first-order valence-corrected chi connectivity index (χ1v) is 5.64. The maximum Gasteiger partial charge on any atom is 0.471 e. The molecule has 1 aromatic carbocycles. The number of alkyl halides is 3. The van der Waals surface area contributed by atoms with Crippen molar-refractivity contribution in [1.29, 1.82) is 0 Å². The topological polar surface area (TPSA) is 29.1 Å². The number of hydrogen-bond acceptors (Lipinski definition) is 1. The predicted octanol–water partition coefficient (Wildman–Crippen LogP) is 1.54. The number of nitrogens with one attached hydrogen (secondary N) is 1. The highest BCUT2D eigenvalue weighted by Crippen LogP contribution is 2.30. The van der Waals surface area contributed by atoms with E-state index < -0.39 is 18.1 Å². The summed E-state index contributed by atoms with van der Waals surface area (Å²) in [5.74, 6) is -1.89. The van der Waals surface area contributed by atoms with Gasteiger partial charge in [0.1, 0.15) is 7.85 Å². The Morgan fingerprint density at radius 3 is 2.78 bits per heavy atom. The molecule has 2 nitrogen and oxygen atoms in total. The van der Waals surface area contributed by atoms with Crippen molar-refractivity contribution < 1.29 is 18.0 Å². The van der Waals surface area contributed by atoms with Crippen molar-refractivity contribution >= 4 is 19.2 Å². The van der Waals surface area contributed by atoms with Crippen molar-refractivity contribution in [3.05, 3.63) is 29.3 Å². The number of halogens is 3. The van der Waals surface area contributed by atoms with Crippen LogP contribution in [0.3, 0.4) is 0 Å². The second-order valence-electron chi connectivity index (χ2n) is 4.37. The minimum atomic E-state index is -4.84. The molecule has 0 fully saturated rings. The summed E-state index contributed by atoms with van der Waals surface area (Å²) in [5, 5.41) is 2.03. The molecule has 18 heavy (non-hydrogen) atoms. The van der Waals surface area contributed by atoms with Crippen LogP contribution in [-0.4, -0.2) is 19.9 Å². The van der Waals surface area contributed by atoms with Crippen molar-refractivity contribution in [2.45, 2.75) is 31.5 Å². The van der Waals surface area contributed by atoms with E-state index in [-0.39, 0.29) is 0 Å². The van der Waals surface area contributed by atoms with Crippen LogP contribution in [0.2, 0.25) is 0 Å². The quantitative estimate of drug-likeness (QED) is 0.755. The molecule has 1 unspecified atom stereocenters. The van der Waals surface area contributed by atoms with Gasteiger partial charge in [0.15, 0.2) is 0 Å². The fourth-order valence-electron chi connectivity index (χ4n) is 2.22. The van der Waals surface area contributed by atoms with Crippen molar-refractivity contribution in [3.63, 3.8) is 0 Å².